The Hall–Kier alpha value is -3.20. The van der Waals surface area contributed by atoms with Crippen LogP contribution in [0.1, 0.15) is 22.8 Å². The first-order valence-corrected chi connectivity index (χ1v) is 9.68. The summed E-state index contributed by atoms with van der Waals surface area (Å²) in [5, 5.41) is 11.3. The van der Waals surface area contributed by atoms with E-state index in [1.54, 1.807) is 24.0 Å². The lowest BCUT2D eigenvalue weighted by Gasteiger charge is -2.34. The third-order valence-electron chi connectivity index (χ3n) is 4.98. The summed E-state index contributed by atoms with van der Waals surface area (Å²) in [6.07, 6.45) is 0. The van der Waals surface area contributed by atoms with E-state index < -0.39 is 10.7 Å². The fraction of sp³-hybridized carbons (Fsp3) is 0.381. The van der Waals surface area contributed by atoms with Crippen LogP contribution in [0.15, 0.2) is 36.4 Å². The summed E-state index contributed by atoms with van der Waals surface area (Å²) in [4.78, 5) is 27.3. The molecule has 1 aliphatic heterocycles. The molecule has 30 heavy (non-hydrogen) atoms. The van der Waals surface area contributed by atoms with Gasteiger partial charge in [-0.2, -0.15) is 0 Å². The number of methoxy groups -OCH3 is 1. The highest BCUT2D eigenvalue weighted by atomic mass is 19.1. The second-order valence-corrected chi connectivity index (χ2v) is 6.91. The molecule has 1 fully saturated rings. The SMILES string of the molecule is CCOc1ccc(C(=O)N2CCN(Cc3ccc(OC)c(F)c3)CC2)cc1[N+](=O)[O-]. The van der Waals surface area contributed by atoms with E-state index in [0.717, 1.165) is 5.56 Å². The highest BCUT2D eigenvalue weighted by molar-refractivity contribution is 5.95. The molecular weight excluding hydrogens is 393 g/mol. The molecule has 1 aliphatic rings. The number of ether oxygens (including phenoxy) is 2. The van der Waals surface area contributed by atoms with Gasteiger partial charge in [0.2, 0.25) is 0 Å². The average molecular weight is 417 g/mol. The molecule has 0 N–H and O–H groups in total. The summed E-state index contributed by atoms with van der Waals surface area (Å²) >= 11 is 0. The average Bonchev–Trinajstić information content (AvgIpc) is 2.74. The van der Waals surface area contributed by atoms with Crippen molar-refractivity contribution in [3.63, 3.8) is 0 Å². The lowest BCUT2D eigenvalue weighted by Crippen LogP contribution is -2.48. The minimum Gasteiger partial charge on any atom is -0.494 e. The molecular formula is C21H24FN3O5. The number of carbonyl (C=O) groups is 1. The van der Waals surface area contributed by atoms with Crippen LogP contribution in [0, 0.1) is 15.9 Å². The third-order valence-corrected chi connectivity index (χ3v) is 4.98. The number of benzene rings is 2. The minimum atomic E-state index is -0.548. The highest BCUT2D eigenvalue weighted by Gasteiger charge is 2.25. The molecule has 0 radical (unpaired) electrons. The van der Waals surface area contributed by atoms with Gasteiger partial charge >= 0.3 is 5.69 Å². The van der Waals surface area contributed by atoms with E-state index in [1.165, 1.54) is 25.3 Å². The van der Waals surface area contributed by atoms with Gasteiger partial charge in [0.05, 0.1) is 18.6 Å². The van der Waals surface area contributed by atoms with E-state index >= 15 is 0 Å². The van der Waals surface area contributed by atoms with E-state index in [9.17, 15) is 19.3 Å². The molecule has 0 atom stereocenters. The monoisotopic (exact) mass is 417 g/mol. The van der Waals surface area contributed by atoms with Crippen molar-refractivity contribution in [3.05, 3.63) is 63.5 Å². The normalized spacial score (nSPS) is 14.4. The van der Waals surface area contributed by atoms with Gasteiger partial charge in [-0.05, 0) is 36.8 Å². The van der Waals surface area contributed by atoms with Gasteiger partial charge in [0.1, 0.15) is 0 Å². The van der Waals surface area contributed by atoms with Crippen LogP contribution in [0.5, 0.6) is 11.5 Å². The van der Waals surface area contributed by atoms with E-state index in [2.05, 4.69) is 4.90 Å². The number of carbonyl (C=O) groups excluding carboxylic acids is 1. The molecule has 0 unspecified atom stereocenters. The topological polar surface area (TPSA) is 85.2 Å². The van der Waals surface area contributed by atoms with Crippen molar-refractivity contribution >= 4 is 11.6 Å². The van der Waals surface area contributed by atoms with E-state index in [4.69, 9.17) is 9.47 Å². The van der Waals surface area contributed by atoms with Gasteiger partial charge in [-0.1, -0.05) is 6.07 Å². The summed E-state index contributed by atoms with van der Waals surface area (Å²) in [6.45, 7) is 4.82. The van der Waals surface area contributed by atoms with Crippen molar-refractivity contribution in [3.8, 4) is 11.5 Å². The number of piperazine rings is 1. The van der Waals surface area contributed by atoms with E-state index in [-0.39, 0.29) is 28.7 Å². The zero-order valence-electron chi connectivity index (χ0n) is 17.0. The molecule has 2 aromatic rings. The van der Waals surface area contributed by atoms with Gasteiger partial charge in [0.15, 0.2) is 17.3 Å². The smallest absolute Gasteiger partial charge is 0.311 e. The maximum absolute atomic E-state index is 13.9. The Bertz CT molecular complexity index is 929. The molecule has 0 saturated carbocycles. The van der Waals surface area contributed by atoms with Crippen molar-refractivity contribution in [1.29, 1.82) is 0 Å². The molecule has 2 aromatic carbocycles. The molecule has 160 valence electrons. The van der Waals surface area contributed by atoms with Crippen LogP contribution in [-0.2, 0) is 6.54 Å². The number of nitro benzene ring substituents is 1. The molecule has 0 aliphatic carbocycles. The van der Waals surface area contributed by atoms with Gasteiger partial charge in [-0.15, -0.1) is 0 Å². The van der Waals surface area contributed by atoms with Gasteiger partial charge in [-0.25, -0.2) is 4.39 Å². The number of hydrogen-bond acceptors (Lipinski definition) is 6. The summed E-state index contributed by atoms with van der Waals surface area (Å²) in [6, 6.07) is 9.15. The molecule has 8 nitrogen and oxygen atoms in total. The number of hydrogen-bond donors (Lipinski definition) is 0. The van der Waals surface area contributed by atoms with Gasteiger partial charge in [0.25, 0.3) is 5.91 Å². The Labute approximate surface area is 173 Å². The van der Waals surface area contributed by atoms with E-state index in [0.29, 0.717) is 39.3 Å². The Balaban J connectivity index is 1.62. The predicted molar refractivity (Wildman–Crippen MR) is 108 cm³/mol. The van der Waals surface area contributed by atoms with Crippen molar-refractivity contribution in [1.82, 2.24) is 9.80 Å². The number of halogens is 1. The van der Waals surface area contributed by atoms with Gasteiger partial charge < -0.3 is 14.4 Å². The van der Waals surface area contributed by atoms with Crippen LogP contribution < -0.4 is 9.47 Å². The molecule has 1 amide bonds. The first-order valence-electron chi connectivity index (χ1n) is 9.68. The van der Waals surface area contributed by atoms with Crippen molar-refractivity contribution in [2.45, 2.75) is 13.5 Å². The zero-order chi connectivity index (χ0) is 21.7. The second-order valence-electron chi connectivity index (χ2n) is 6.91. The predicted octanol–water partition coefficient (Wildman–Crippen LogP) is 3.10. The molecule has 9 heteroatoms. The van der Waals surface area contributed by atoms with Gasteiger partial charge in [-0.3, -0.25) is 19.8 Å². The number of nitrogens with zero attached hydrogens (tertiary/aromatic N) is 3. The minimum absolute atomic E-state index is 0.149. The Morgan fingerprint density at radius 3 is 2.43 bits per heavy atom. The van der Waals surface area contributed by atoms with Crippen LogP contribution in [0.3, 0.4) is 0 Å². The van der Waals surface area contributed by atoms with Crippen molar-refractivity contribution in [2.24, 2.45) is 0 Å². The molecule has 0 spiro atoms. The maximum Gasteiger partial charge on any atom is 0.311 e. The van der Waals surface area contributed by atoms with Crippen LogP contribution >= 0.6 is 0 Å². The Morgan fingerprint density at radius 1 is 1.13 bits per heavy atom. The summed E-state index contributed by atoms with van der Waals surface area (Å²) in [5.74, 6) is -0.300. The zero-order valence-corrected chi connectivity index (χ0v) is 17.0. The number of nitro groups is 1. The first-order chi connectivity index (χ1) is 14.4. The van der Waals surface area contributed by atoms with Crippen molar-refractivity contribution < 1.29 is 23.6 Å². The number of rotatable bonds is 7. The fourth-order valence-corrected chi connectivity index (χ4v) is 3.43. The standard InChI is InChI=1S/C21H24FN3O5/c1-3-30-20-7-5-16(13-18(20)25(27)28)21(26)24-10-8-23(9-11-24)14-15-4-6-19(29-2)17(22)12-15/h4-7,12-13H,3,8-11,14H2,1-2H3. The Morgan fingerprint density at radius 2 is 1.83 bits per heavy atom. The molecule has 3 rings (SSSR count). The van der Waals surface area contributed by atoms with Crippen molar-refractivity contribution in [2.75, 3.05) is 39.9 Å². The first kappa shape index (κ1) is 21.5. The van der Waals surface area contributed by atoms with Gasteiger partial charge in [0, 0.05) is 44.4 Å². The maximum atomic E-state index is 13.9. The van der Waals surface area contributed by atoms with Crippen LogP contribution in [0.2, 0.25) is 0 Å². The van der Waals surface area contributed by atoms with Crippen LogP contribution in [0.4, 0.5) is 10.1 Å². The summed E-state index contributed by atoms with van der Waals surface area (Å²) < 4.78 is 24.1. The molecule has 1 saturated heterocycles. The summed E-state index contributed by atoms with van der Waals surface area (Å²) in [5.41, 5.74) is 0.869. The third kappa shape index (κ3) is 4.85. The Kier molecular flexibility index (Phi) is 6.83. The molecule has 0 bridgehead atoms. The van der Waals surface area contributed by atoms with Crippen LogP contribution in [0.25, 0.3) is 0 Å². The fourth-order valence-electron chi connectivity index (χ4n) is 3.43. The lowest BCUT2D eigenvalue weighted by molar-refractivity contribution is -0.385. The number of amides is 1. The molecule has 1 heterocycles. The quantitative estimate of drug-likeness (QED) is 0.508. The highest BCUT2D eigenvalue weighted by Crippen LogP contribution is 2.28. The largest absolute Gasteiger partial charge is 0.494 e. The molecule has 0 aromatic heterocycles. The second kappa shape index (κ2) is 9.53. The lowest BCUT2D eigenvalue weighted by atomic mass is 10.1. The summed E-state index contributed by atoms with van der Waals surface area (Å²) in [7, 11) is 1.42. The van der Waals surface area contributed by atoms with Crippen LogP contribution in [-0.4, -0.2) is 60.5 Å². The van der Waals surface area contributed by atoms with E-state index in [1.807, 2.05) is 6.07 Å².